The van der Waals surface area contributed by atoms with Crippen LogP contribution in [0.4, 0.5) is 24.0 Å². The van der Waals surface area contributed by atoms with Crippen molar-refractivity contribution in [3.63, 3.8) is 0 Å². The first kappa shape index (κ1) is 22.1. The predicted octanol–water partition coefficient (Wildman–Crippen LogP) is 3.14. The zero-order chi connectivity index (χ0) is 22.1. The van der Waals surface area contributed by atoms with Gasteiger partial charge in [0.1, 0.15) is 6.23 Å². The fourth-order valence-corrected chi connectivity index (χ4v) is 3.88. The number of nitrogens with zero attached hydrogens (tertiary/aromatic N) is 2. The van der Waals surface area contributed by atoms with Crippen molar-refractivity contribution in [2.45, 2.75) is 18.9 Å². The minimum absolute atomic E-state index is 0.0341. The van der Waals surface area contributed by atoms with Gasteiger partial charge in [-0.1, -0.05) is 17.7 Å². The summed E-state index contributed by atoms with van der Waals surface area (Å²) in [6.07, 6.45) is -4.04. The lowest BCUT2D eigenvalue weighted by molar-refractivity contribution is -0.255. The number of nitrogens with one attached hydrogen (secondary N) is 2. The first-order valence-corrected chi connectivity index (χ1v) is 9.86. The van der Waals surface area contributed by atoms with Crippen molar-refractivity contribution >= 4 is 39.7 Å². The van der Waals surface area contributed by atoms with Gasteiger partial charge >= 0.3 is 12.1 Å². The van der Waals surface area contributed by atoms with Gasteiger partial charge in [0.25, 0.3) is 0 Å². The van der Waals surface area contributed by atoms with E-state index in [-0.39, 0.29) is 12.1 Å². The second-order valence-corrected chi connectivity index (χ2v) is 7.56. The van der Waals surface area contributed by atoms with E-state index in [2.05, 4.69) is 21.4 Å². The molecule has 0 aliphatic carbocycles. The van der Waals surface area contributed by atoms with Crippen LogP contribution in [0.3, 0.4) is 0 Å². The predicted molar refractivity (Wildman–Crippen MR) is 108 cm³/mol. The molecular weight excluding hydrogens is 443 g/mol. The van der Waals surface area contributed by atoms with E-state index < -0.39 is 28.9 Å². The maximum Gasteiger partial charge on any atom is 0.417 e. The van der Waals surface area contributed by atoms with E-state index in [1.807, 2.05) is 0 Å². The Bertz CT molecular complexity index is 1070. The molecule has 2 aromatic heterocycles. The van der Waals surface area contributed by atoms with Crippen molar-refractivity contribution in [1.29, 1.82) is 0 Å². The van der Waals surface area contributed by atoms with Crippen molar-refractivity contribution in [1.82, 2.24) is 9.55 Å². The molecule has 1 atom stereocenters. The highest BCUT2D eigenvalue weighted by Crippen LogP contribution is 2.37. The molecule has 3 rings (SSSR count). The maximum atomic E-state index is 13.1. The van der Waals surface area contributed by atoms with Crippen LogP contribution in [0.2, 0.25) is 5.02 Å². The molecule has 0 spiro atoms. The number of aliphatic hydroxyl groups excluding tert-OH is 1. The third-order valence-electron chi connectivity index (χ3n) is 4.23. The monoisotopic (exact) mass is 460 g/mol. The molecule has 12 heteroatoms. The second kappa shape index (κ2) is 8.64. The van der Waals surface area contributed by atoms with Crippen LogP contribution in [0.15, 0.2) is 35.8 Å². The van der Waals surface area contributed by atoms with Crippen molar-refractivity contribution < 1.29 is 28.8 Å². The summed E-state index contributed by atoms with van der Waals surface area (Å²) in [5, 5.41) is 17.5. The normalized spacial score (nSPS) is 12.6. The summed E-state index contributed by atoms with van der Waals surface area (Å²) in [6.45, 7) is 0.0341. The van der Waals surface area contributed by atoms with Crippen LogP contribution < -0.4 is 16.4 Å². The minimum atomic E-state index is -4.58. The van der Waals surface area contributed by atoms with Crippen molar-refractivity contribution in [2.75, 3.05) is 17.7 Å². The summed E-state index contributed by atoms with van der Waals surface area (Å²) in [4.78, 5) is 16.0. The molecule has 0 aliphatic rings. The number of aromatic nitrogens is 2. The Hall–Kier alpha value is -2.60. The summed E-state index contributed by atoms with van der Waals surface area (Å²) < 4.78 is 40.7. The summed E-state index contributed by atoms with van der Waals surface area (Å²) in [5.74, 6) is -0.406. The fraction of sp³-hybridized carbons (Fsp3) is 0.222. The third-order valence-corrected chi connectivity index (χ3v) is 5.33. The highest BCUT2D eigenvalue weighted by molar-refractivity contribution is 7.14. The minimum Gasteiger partial charge on any atom is -0.386 e. The van der Waals surface area contributed by atoms with Crippen molar-refractivity contribution in [3.05, 3.63) is 52.1 Å². The number of thiazole rings is 1. The van der Waals surface area contributed by atoms with Crippen LogP contribution in [0.25, 0.3) is 11.3 Å². The molecule has 1 aromatic carbocycles. The van der Waals surface area contributed by atoms with Crippen molar-refractivity contribution in [3.8, 4) is 11.3 Å². The first-order chi connectivity index (χ1) is 14.1. The fourth-order valence-electron chi connectivity index (χ4n) is 2.89. The Kier molecular flexibility index (Phi) is 6.36. The van der Waals surface area contributed by atoms with Gasteiger partial charge in [-0.15, -0.1) is 11.3 Å². The van der Waals surface area contributed by atoms with Crippen LogP contribution in [-0.4, -0.2) is 33.8 Å². The molecule has 2 heterocycles. The number of hydrogen-bond acceptors (Lipinski definition) is 6. The summed E-state index contributed by atoms with van der Waals surface area (Å²) in [5.41, 5.74) is 3.93. The molecule has 6 N–H and O–H groups in total. The summed E-state index contributed by atoms with van der Waals surface area (Å²) >= 11 is 6.77. The van der Waals surface area contributed by atoms with E-state index in [0.29, 0.717) is 22.2 Å². The zero-order valence-electron chi connectivity index (χ0n) is 15.6. The van der Waals surface area contributed by atoms with Crippen LogP contribution in [0.1, 0.15) is 16.1 Å². The van der Waals surface area contributed by atoms with Gasteiger partial charge in [0.15, 0.2) is 10.8 Å². The standard InChI is InChI=1S/C18H17ClF3N5O2S/c1-24-12-4-5-27(15(12)16(23)29)7-14(28)26-17-25-13(8-30-17)9-2-3-11(19)10(6-9)18(20,21)22/h2-6,8,14,24,28H,7H2,1H3,(H2,23,29)(H,25,26)/p+1. The average Bonchev–Trinajstić information content (AvgIpc) is 3.28. The number of halogens is 4. The van der Waals surface area contributed by atoms with E-state index >= 15 is 0 Å². The molecule has 0 radical (unpaired) electrons. The van der Waals surface area contributed by atoms with Gasteiger partial charge in [0, 0.05) is 24.2 Å². The molecule has 160 valence electrons. The largest absolute Gasteiger partial charge is 0.417 e. The molecule has 1 amide bonds. The number of anilines is 2. The number of aliphatic hydroxyl groups is 1. The summed E-state index contributed by atoms with van der Waals surface area (Å²) in [6, 6.07) is 5.23. The van der Waals surface area contributed by atoms with Crippen molar-refractivity contribution in [2.24, 2.45) is 0 Å². The number of quaternary nitrogens is 1. The molecule has 0 fully saturated rings. The van der Waals surface area contributed by atoms with Crippen LogP contribution in [0, 0.1) is 0 Å². The molecule has 7 nitrogen and oxygen atoms in total. The molecule has 0 saturated carbocycles. The van der Waals surface area contributed by atoms with Gasteiger partial charge in [-0.25, -0.2) is 9.78 Å². The molecule has 1 unspecified atom stereocenters. The Morgan fingerprint density at radius 1 is 1.40 bits per heavy atom. The van der Waals surface area contributed by atoms with Gasteiger partial charge in [-0.3, -0.25) is 5.73 Å². The van der Waals surface area contributed by atoms with E-state index in [1.165, 1.54) is 12.1 Å². The zero-order valence-corrected chi connectivity index (χ0v) is 17.2. The topological polar surface area (TPSA) is 107 Å². The lowest BCUT2D eigenvalue weighted by Crippen LogP contribution is -2.57. The third kappa shape index (κ3) is 4.75. The Morgan fingerprint density at radius 3 is 2.77 bits per heavy atom. The van der Waals surface area contributed by atoms with E-state index in [4.69, 9.17) is 11.6 Å². The highest BCUT2D eigenvalue weighted by atomic mass is 35.5. The second-order valence-electron chi connectivity index (χ2n) is 6.29. The number of hydrogen-bond donors (Lipinski definition) is 4. The molecule has 30 heavy (non-hydrogen) atoms. The Morgan fingerprint density at radius 2 is 2.13 bits per heavy atom. The van der Waals surface area contributed by atoms with Crippen LogP contribution in [0.5, 0.6) is 0 Å². The quantitative estimate of drug-likeness (QED) is 0.405. The lowest BCUT2D eigenvalue weighted by Gasteiger charge is -2.14. The van der Waals surface area contributed by atoms with E-state index in [9.17, 15) is 23.1 Å². The van der Waals surface area contributed by atoms with Gasteiger partial charge in [0.2, 0.25) is 0 Å². The number of carbonyl (C=O) groups is 1. The molecule has 0 saturated heterocycles. The number of carbonyl (C=O) groups excluding carboxylic acids is 1. The molecule has 3 aromatic rings. The van der Waals surface area contributed by atoms with E-state index in [1.54, 1.807) is 29.3 Å². The summed E-state index contributed by atoms with van der Waals surface area (Å²) in [7, 11) is 1.67. The molecular formula is C18H18ClF3N5O2S+. The number of benzene rings is 1. The number of rotatable bonds is 7. The van der Waals surface area contributed by atoms with Gasteiger partial charge in [0.05, 0.1) is 28.5 Å². The molecule has 0 bridgehead atoms. The molecule has 0 aliphatic heterocycles. The Balaban J connectivity index is 1.75. The first-order valence-electron chi connectivity index (χ1n) is 8.60. The van der Waals surface area contributed by atoms with Gasteiger partial charge in [-0.05, 0) is 18.2 Å². The number of amides is 1. The maximum absolute atomic E-state index is 13.1. The lowest BCUT2D eigenvalue weighted by atomic mass is 10.1. The highest BCUT2D eigenvalue weighted by Gasteiger charge is 2.33. The van der Waals surface area contributed by atoms with Gasteiger partial charge in [-0.2, -0.15) is 13.2 Å². The Labute approximate surface area is 178 Å². The van der Waals surface area contributed by atoms with E-state index in [0.717, 1.165) is 17.4 Å². The smallest absolute Gasteiger partial charge is 0.386 e. The average molecular weight is 461 g/mol. The number of alkyl halides is 3. The van der Waals surface area contributed by atoms with Gasteiger partial charge < -0.3 is 20.3 Å². The SMILES string of the molecule is CNc1ccn(CC(O)Nc2nc(-c3ccc(Cl)c(C(F)(F)F)c3)cs2)c1C([NH3+])=O. The van der Waals surface area contributed by atoms with Crippen LogP contribution in [-0.2, 0) is 12.7 Å². The van der Waals surface area contributed by atoms with Crippen LogP contribution >= 0.6 is 22.9 Å².